The van der Waals surface area contributed by atoms with Crippen molar-refractivity contribution < 1.29 is 4.74 Å². The molecule has 2 aromatic rings. The van der Waals surface area contributed by atoms with Gasteiger partial charge in [0.05, 0.1) is 18.0 Å². The largest absolute Gasteiger partial charge is 0.384 e. The average Bonchev–Trinajstić information content (AvgIpc) is 2.81. The monoisotopic (exact) mass is 272 g/mol. The molecule has 0 radical (unpaired) electrons. The van der Waals surface area contributed by atoms with Crippen LogP contribution in [-0.4, -0.2) is 39.9 Å². The predicted molar refractivity (Wildman–Crippen MR) is 76.2 cm³/mol. The summed E-state index contributed by atoms with van der Waals surface area (Å²) in [5.41, 5.74) is 3.60. The Bertz CT molecular complexity index is 567. The van der Waals surface area contributed by atoms with Crippen LogP contribution in [0.4, 0.5) is 0 Å². The summed E-state index contributed by atoms with van der Waals surface area (Å²) in [5.74, 6) is 0.341. The first kappa shape index (κ1) is 13.3. The van der Waals surface area contributed by atoms with E-state index in [1.165, 1.54) is 11.3 Å². The summed E-state index contributed by atoms with van der Waals surface area (Å²) in [4.78, 5) is 6.82. The highest BCUT2D eigenvalue weighted by Crippen LogP contribution is 2.27. The Balaban J connectivity index is 1.79. The number of methoxy groups -OCH3 is 1. The van der Waals surface area contributed by atoms with Crippen molar-refractivity contribution in [3.8, 4) is 0 Å². The lowest BCUT2D eigenvalue weighted by atomic mass is 9.97. The summed E-state index contributed by atoms with van der Waals surface area (Å²) in [6, 6.07) is 6.06. The van der Waals surface area contributed by atoms with Gasteiger partial charge >= 0.3 is 0 Å². The number of aromatic nitrogens is 3. The van der Waals surface area contributed by atoms with E-state index in [4.69, 9.17) is 4.74 Å². The molecular formula is C15H20N4O. The minimum Gasteiger partial charge on any atom is -0.384 e. The Morgan fingerprint density at radius 1 is 1.40 bits per heavy atom. The van der Waals surface area contributed by atoms with Gasteiger partial charge in [-0.2, -0.15) is 5.10 Å². The smallest absolute Gasteiger partial charge is 0.0736 e. The number of hydrogen-bond donors (Lipinski definition) is 0. The molecule has 0 aromatic carbocycles. The fourth-order valence-electron chi connectivity index (χ4n) is 2.90. The molecule has 0 saturated carbocycles. The van der Waals surface area contributed by atoms with Crippen molar-refractivity contribution >= 4 is 0 Å². The van der Waals surface area contributed by atoms with Gasteiger partial charge in [0, 0.05) is 57.7 Å². The van der Waals surface area contributed by atoms with E-state index in [2.05, 4.69) is 27.2 Å². The maximum absolute atomic E-state index is 5.35. The molecular weight excluding hydrogens is 252 g/mol. The van der Waals surface area contributed by atoms with Crippen molar-refractivity contribution in [3.63, 3.8) is 0 Å². The van der Waals surface area contributed by atoms with Gasteiger partial charge in [0.2, 0.25) is 0 Å². The summed E-state index contributed by atoms with van der Waals surface area (Å²) in [6.07, 6.45) is 3.96. The van der Waals surface area contributed by atoms with Crippen molar-refractivity contribution in [1.82, 2.24) is 19.7 Å². The molecule has 2 aromatic heterocycles. The molecule has 1 aliphatic rings. The standard InChI is InChI=1S/C15H20N4O/c1-18-7-12-8-19(10-14-5-3-4-6-16-14)9-13(11-20-2)15(12)17-18/h3-7,13H,8-11H2,1-2H3/t13-/m0/s1. The number of fused-ring (bicyclic) bond motifs is 1. The molecule has 5 nitrogen and oxygen atoms in total. The van der Waals surface area contributed by atoms with E-state index in [0.717, 1.165) is 25.3 Å². The summed E-state index contributed by atoms with van der Waals surface area (Å²) >= 11 is 0. The fourth-order valence-corrected chi connectivity index (χ4v) is 2.90. The van der Waals surface area contributed by atoms with Crippen molar-refractivity contribution in [2.75, 3.05) is 20.3 Å². The zero-order valence-electron chi connectivity index (χ0n) is 12.0. The quantitative estimate of drug-likeness (QED) is 0.847. The van der Waals surface area contributed by atoms with E-state index >= 15 is 0 Å². The van der Waals surface area contributed by atoms with Crippen molar-refractivity contribution in [2.45, 2.75) is 19.0 Å². The number of pyridine rings is 1. The van der Waals surface area contributed by atoms with E-state index in [9.17, 15) is 0 Å². The summed E-state index contributed by atoms with van der Waals surface area (Å²) in [7, 11) is 3.73. The fraction of sp³-hybridized carbons (Fsp3) is 0.467. The number of hydrogen-bond acceptors (Lipinski definition) is 4. The molecule has 3 rings (SSSR count). The maximum atomic E-state index is 5.35. The lowest BCUT2D eigenvalue weighted by molar-refractivity contribution is 0.134. The Labute approximate surface area is 119 Å². The van der Waals surface area contributed by atoms with Crippen LogP contribution in [0, 0.1) is 0 Å². The molecule has 0 unspecified atom stereocenters. The van der Waals surface area contributed by atoms with Gasteiger partial charge in [0.1, 0.15) is 0 Å². The van der Waals surface area contributed by atoms with Crippen LogP contribution in [0.3, 0.4) is 0 Å². The van der Waals surface area contributed by atoms with Gasteiger partial charge in [-0.25, -0.2) is 0 Å². The second-order valence-corrected chi connectivity index (χ2v) is 5.36. The third-order valence-electron chi connectivity index (χ3n) is 3.68. The lowest BCUT2D eigenvalue weighted by Gasteiger charge is -2.31. The van der Waals surface area contributed by atoms with E-state index in [1.54, 1.807) is 7.11 Å². The highest BCUT2D eigenvalue weighted by Gasteiger charge is 2.28. The molecule has 0 amide bonds. The van der Waals surface area contributed by atoms with Gasteiger partial charge in [-0.05, 0) is 12.1 Å². The maximum Gasteiger partial charge on any atom is 0.0736 e. The van der Waals surface area contributed by atoms with E-state index in [0.29, 0.717) is 12.5 Å². The number of ether oxygens (including phenoxy) is 1. The van der Waals surface area contributed by atoms with Gasteiger partial charge in [0.15, 0.2) is 0 Å². The number of aryl methyl sites for hydroxylation is 1. The molecule has 0 aliphatic carbocycles. The van der Waals surface area contributed by atoms with Crippen LogP contribution in [0.2, 0.25) is 0 Å². The minimum atomic E-state index is 0.341. The molecule has 106 valence electrons. The highest BCUT2D eigenvalue weighted by molar-refractivity contribution is 5.24. The molecule has 0 spiro atoms. The van der Waals surface area contributed by atoms with E-state index in [1.807, 2.05) is 30.1 Å². The third kappa shape index (κ3) is 2.73. The van der Waals surface area contributed by atoms with E-state index < -0.39 is 0 Å². The minimum absolute atomic E-state index is 0.341. The summed E-state index contributed by atoms with van der Waals surface area (Å²) in [6.45, 7) is 3.48. The molecule has 0 saturated heterocycles. The van der Waals surface area contributed by atoms with Crippen LogP contribution >= 0.6 is 0 Å². The Hall–Kier alpha value is -1.72. The first-order valence-electron chi connectivity index (χ1n) is 6.90. The molecule has 3 heterocycles. The third-order valence-corrected chi connectivity index (χ3v) is 3.68. The van der Waals surface area contributed by atoms with E-state index in [-0.39, 0.29) is 0 Å². The van der Waals surface area contributed by atoms with Crippen LogP contribution in [0.1, 0.15) is 22.9 Å². The molecule has 1 atom stereocenters. The molecule has 20 heavy (non-hydrogen) atoms. The van der Waals surface area contributed by atoms with Gasteiger partial charge in [-0.3, -0.25) is 14.6 Å². The zero-order valence-corrected chi connectivity index (χ0v) is 12.0. The van der Waals surface area contributed by atoms with Gasteiger partial charge < -0.3 is 4.74 Å². The zero-order chi connectivity index (χ0) is 13.9. The van der Waals surface area contributed by atoms with Crippen molar-refractivity contribution in [3.05, 3.63) is 47.5 Å². The second kappa shape index (κ2) is 5.73. The highest BCUT2D eigenvalue weighted by atomic mass is 16.5. The van der Waals surface area contributed by atoms with Crippen molar-refractivity contribution in [1.29, 1.82) is 0 Å². The molecule has 0 bridgehead atoms. The van der Waals surface area contributed by atoms with Gasteiger partial charge in [-0.15, -0.1) is 0 Å². The second-order valence-electron chi connectivity index (χ2n) is 5.36. The number of rotatable bonds is 4. The summed E-state index contributed by atoms with van der Waals surface area (Å²) in [5, 5.41) is 4.59. The van der Waals surface area contributed by atoms with Crippen molar-refractivity contribution in [2.24, 2.45) is 7.05 Å². The summed E-state index contributed by atoms with van der Waals surface area (Å²) < 4.78 is 7.25. The average molecular weight is 272 g/mol. The Morgan fingerprint density at radius 2 is 2.30 bits per heavy atom. The lowest BCUT2D eigenvalue weighted by Crippen LogP contribution is -2.34. The first-order valence-corrected chi connectivity index (χ1v) is 6.90. The SMILES string of the molecule is COC[C@@H]1CN(Cc2ccccn2)Cc2cn(C)nc21. The van der Waals surface area contributed by atoms with Gasteiger partial charge in [0.25, 0.3) is 0 Å². The predicted octanol–water partition coefficient (Wildman–Crippen LogP) is 1.56. The normalized spacial score (nSPS) is 19.0. The Morgan fingerprint density at radius 3 is 3.05 bits per heavy atom. The molecule has 5 heteroatoms. The van der Waals surface area contributed by atoms with Crippen LogP contribution in [0.15, 0.2) is 30.6 Å². The topological polar surface area (TPSA) is 43.2 Å². The van der Waals surface area contributed by atoms with Crippen LogP contribution in [-0.2, 0) is 24.9 Å². The number of nitrogens with zero attached hydrogens (tertiary/aromatic N) is 4. The van der Waals surface area contributed by atoms with Crippen LogP contribution in [0.5, 0.6) is 0 Å². The molecule has 0 N–H and O–H groups in total. The first-order chi connectivity index (χ1) is 9.76. The molecule has 0 fully saturated rings. The van der Waals surface area contributed by atoms with Crippen LogP contribution < -0.4 is 0 Å². The molecule has 1 aliphatic heterocycles. The van der Waals surface area contributed by atoms with Crippen LogP contribution in [0.25, 0.3) is 0 Å². The van der Waals surface area contributed by atoms with Gasteiger partial charge in [-0.1, -0.05) is 6.07 Å². The Kier molecular flexibility index (Phi) is 3.80.